The van der Waals surface area contributed by atoms with Gasteiger partial charge in [0.2, 0.25) is 0 Å². The number of nitriles is 1. The van der Waals surface area contributed by atoms with Crippen LogP contribution in [0.5, 0.6) is 11.5 Å². The summed E-state index contributed by atoms with van der Waals surface area (Å²) in [5, 5.41) is 8.60. The van der Waals surface area contributed by atoms with Gasteiger partial charge in [-0.2, -0.15) is 5.26 Å². The zero-order chi connectivity index (χ0) is 17.6. The molecule has 1 heterocycles. The second kappa shape index (κ2) is 7.54. The van der Waals surface area contributed by atoms with E-state index < -0.39 is 0 Å². The van der Waals surface area contributed by atoms with Crippen molar-refractivity contribution in [2.75, 3.05) is 25.2 Å². The van der Waals surface area contributed by atoms with Crippen molar-refractivity contribution >= 4 is 17.7 Å². The van der Waals surface area contributed by atoms with E-state index in [4.69, 9.17) is 14.7 Å². The number of ether oxygens (including phenoxy) is 2. The lowest BCUT2D eigenvalue weighted by molar-refractivity contribution is -0.114. The highest BCUT2D eigenvalue weighted by molar-refractivity contribution is 6.05. The molecule has 0 bridgehead atoms. The number of hydrogen-bond donors (Lipinski definition) is 0. The van der Waals surface area contributed by atoms with Gasteiger partial charge >= 0.3 is 0 Å². The van der Waals surface area contributed by atoms with Gasteiger partial charge in [-0.1, -0.05) is 24.3 Å². The summed E-state index contributed by atoms with van der Waals surface area (Å²) in [4.78, 5) is 14.3. The van der Waals surface area contributed by atoms with Crippen molar-refractivity contribution in [2.24, 2.45) is 0 Å². The first kappa shape index (κ1) is 16.6. The Hall–Kier alpha value is -3.26. The lowest BCUT2D eigenvalue weighted by Crippen LogP contribution is -2.26. The van der Waals surface area contributed by atoms with Crippen LogP contribution in [-0.2, 0) is 11.2 Å². The Morgan fingerprint density at radius 2 is 2.12 bits per heavy atom. The van der Waals surface area contributed by atoms with E-state index in [-0.39, 0.29) is 12.5 Å². The van der Waals surface area contributed by atoms with Gasteiger partial charge in [0.05, 0.1) is 7.11 Å². The van der Waals surface area contributed by atoms with E-state index in [0.717, 1.165) is 17.7 Å². The molecular formula is C20H18N2O3. The van der Waals surface area contributed by atoms with Crippen molar-refractivity contribution in [1.82, 2.24) is 0 Å². The molecule has 1 aliphatic heterocycles. The number of rotatable bonds is 5. The summed E-state index contributed by atoms with van der Waals surface area (Å²) < 4.78 is 10.6. The summed E-state index contributed by atoms with van der Waals surface area (Å²) in [6.45, 7) is 0.658. The molecular weight excluding hydrogens is 316 g/mol. The molecule has 0 aliphatic carbocycles. The van der Waals surface area contributed by atoms with Crippen LogP contribution in [-0.4, -0.2) is 26.2 Å². The van der Waals surface area contributed by atoms with E-state index in [2.05, 4.69) is 6.07 Å². The molecule has 0 atom stereocenters. The minimum absolute atomic E-state index is 0.0433. The van der Waals surface area contributed by atoms with Gasteiger partial charge in [0.1, 0.15) is 6.07 Å². The molecule has 5 nitrogen and oxygen atoms in total. The second-order valence-electron chi connectivity index (χ2n) is 5.56. The number of fused-ring (bicyclic) bond motifs is 1. The number of para-hydroxylation sites is 1. The Kier molecular flexibility index (Phi) is 5.00. The minimum Gasteiger partial charge on any atom is -0.493 e. The van der Waals surface area contributed by atoms with Crippen molar-refractivity contribution in [3.63, 3.8) is 0 Å². The van der Waals surface area contributed by atoms with Crippen LogP contribution < -0.4 is 14.4 Å². The third-order valence-electron chi connectivity index (χ3n) is 4.05. The van der Waals surface area contributed by atoms with Crippen molar-refractivity contribution in [1.29, 1.82) is 5.26 Å². The SMILES string of the molecule is COc1cc(C=CC(=O)N2CCc3ccccc32)ccc1OCC#N. The Bertz CT molecular complexity index is 852. The number of nitrogens with zero attached hydrogens (tertiary/aromatic N) is 2. The molecule has 0 fully saturated rings. The fourth-order valence-corrected chi connectivity index (χ4v) is 2.84. The average Bonchev–Trinajstić information content (AvgIpc) is 3.09. The number of hydrogen-bond acceptors (Lipinski definition) is 4. The van der Waals surface area contributed by atoms with Crippen LogP contribution in [0.3, 0.4) is 0 Å². The molecule has 0 radical (unpaired) electrons. The molecule has 0 unspecified atom stereocenters. The molecule has 126 valence electrons. The molecule has 0 aromatic heterocycles. The first-order valence-corrected chi connectivity index (χ1v) is 7.98. The van der Waals surface area contributed by atoms with Crippen LogP contribution in [0.4, 0.5) is 5.69 Å². The van der Waals surface area contributed by atoms with E-state index in [1.807, 2.05) is 30.3 Å². The summed E-state index contributed by atoms with van der Waals surface area (Å²) in [6.07, 6.45) is 4.20. The fraction of sp³-hybridized carbons (Fsp3) is 0.200. The van der Waals surface area contributed by atoms with Crippen LogP contribution in [0.25, 0.3) is 6.08 Å². The highest BCUT2D eigenvalue weighted by Crippen LogP contribution is 2.29. The van der Waals surface area contributed by atoms with E-state index in [1.54, 1.807) is 29.2 Å². The van der Waals surface area contributed by atoms with Crippen LogP contribution in [0.1, 0.15) is 11.1 Å². The lowest BCUT2D eigenvalue weighted by Gasteiger charge is -2.14. The van der Waals surface area contributed by atoms with E-state index >= 15 is 0 Å². The maximum absolute atomic E-state index is 12.5. The Labute approximate surface area is 146 Å². The monoisotopic (exact) mass is 334 g/mol. The van der Waals surface area contributed by atoms with Crippen molar-refractivity contribution < 1.29 is 14.3 Å². The zero-order valence-electron chi connectivity index (χ0n) is 13.9. The summed E-state index contributed by atoms with van der Waals surface area (Å²) >= 11 is 0. The number of carbonyl (C=O) groups excluding carboxylic acids is 1. The van der Waals surface area contributed by atoms with Gasteiger partial charge in [-0.25, -0.2) is 0 Å². The summed E-state index contributed by atoms with van der Waals surface area (Å²) in [5.41, 5.74) is 3.00. The standard InChI is InChI=1S/C20H18N2O3/c1-24-19-14-15(6-8-18(19)25-13-11-21)7-9-20(23)22-12-10-16-4-2-3-5-17(16)22/h2-9,14H,10,12-13H2,1H3. The van der Waals surface area contributed by atoms with Crippen LogP contribution >= 0.6 is 0 Å². The van der Waals surface area contributed by atoms with Gasteiger partial charge in [-0.05, 0) is 41.8 Å². The summed E-state index contributed by atoms with van der Waals surface area (Å²) in [7, 11) is 1.54. The average molecular weight is 334 g/mol. The molecule has 1 amide bonds. The van der Waals surface area contributed by atoms with Crippen LogP contribution in [0.2, 0.25) is 0 Å². The molecule has 0 N–H and O–H groups in total. The first-order valence-electron chi connectivity index (χ1n) is 7.98. The molecule has 3 rings (SSSR count). The van der Waals surface area contributed by atoms with E-state index in [1.165, 1.54) is 12.7 Å². The first-order chi connectivity index (χ1) is 12.2. The number of methoxy groups -OCH3 is 1. The second-order valence-corrected chi connectivity index (χ2v) is 5.56. The van der Waals surface area contributed by atoms with Crippen molar-refractivity contribution in [2.45, 2.75) is 6.42 Å². The molecule has 2 aromatic carbocycles. The lowest BCUT2D eigenvalue weighted by atomic mass is 10.1. The quantitative estimate of drug-likeness (QED) is 0.788. The summed E-state index contributed by atoms with van der Waals surface area (Å²) in [5.74, 6) is 0.978. The van der Waals surface area contributed by atoms with Gasteiger partial charge in [-0.15, -0.1) is 0 Å². The third-order valence-corrected chi connectivity index (χ3v) is 4.05. The smallest absolute Gasteiger partial charge is 0.251 e. The van der Waals surface area contributed by atoms with Gasteiger partial charge < -0.3 is 14.4 Å². The minimum atomic E-state index is -0.0475. The van der Waals surface area contributed by atoms with Crippen LogP contribution in [0.15, 0.2) is 48.5 Å². The van der Waals surface area contributed by atoms with Gasteiger partial charge in [0.25, 0.3) is 5.91 Å². The molecule has 2 aromatic rings. The maximum atomic E-state index is 12.5. The van der Waals surface area contributed by atoms with Crippen molar-refractivity contribution in [3.8, 4) is 17.6 Å². The largest absolute Gasteiger partial charge is 0.493 e. The Morgan fingerprint density at radius 3 is 2.92 bits per heavy atom. The highest BCUT2D eigenvalue weighted by atomic mass is 16.5. The van der Waals surface area contributed by atoms with Crippen molar-refractivity contribution in [3.05, 3.63) is 59.7 Å². The van der Waals surface area contributed by atoms with Gasteiger partial charge in [0.15, 0.2) is 18.1 Å². The van der Waals surface area contributed by atoms with Gasteiger partial charge in [-0.3, -0.25) is 4.79 Å². The normalized spacial score (nSPS) is 12.7. The molecule has 1 aliphatic rings. The van der Waals surface area contributed by atoms with E-state index in [0.29, 0.717) is 18.0 Å². The molecule has 0 saturated carbocycles. The molecule has 0 saturated heterocycles. The Morgan fingerprint density at radius 1 is 1.28 bits per heavy atom. The predicted molar refractivity (Wildman–Crippen MR) is 95.6 cm³/mol. The molecule has 0 spiro atoms. The maximum Gasteiger partial charge on any atom is 0.251 e. The molecule has 25 heavy (non-hydrogen) atoms. The number of carbonyl (C=O) groups is 1. The Balaban J connectivity index is 1.74. The number of anilines is 1. The number of amides is 1. The van der Waals surface area contributed by atoms with E-state index in [9.17, 15) is 4.79 Å². The predicted octanol–water partition coefficient (Wildman–Crippen LogP) is 3.20. The number of benzene rings is 2. The fourth-order valence-electron chi connectivity index (χ4n) is 2.84. The highest BCUT2D eigenvalue weighted by Gasteiger charge is 2.22. The molecule has 5 heteroatoms. The third kappa shape index (κ3) is 3.64. The van der Waals surface area contributed by atoms with Crippen LogP contribution in [0, 0.1) is 11.3 Å². The summed E-state index contributed by atoms with van der Waals surface area (Å²) in [6, 6.07) is 15.2. The zero-order valence-corrected chi connectivity index (χ0v) is 13.9. The van der Waals surface area contributed by atoms with Gasteiger partial charge in [0, 0.05) is 18.3 Å². The topological polar surface area (TPSA) is 62.6 Å².